The second kappa shape index (κ2) is 4.80. The Morgan fingerprint density at radius 3 is 2.78 bits per heavy atom. The summed E-state index contributed by atoms with van der Waals surface area (Å²) in [4.78, 5) is 0. The van der Waals surface area contributed by atoms with Crippen LogP contribution in [0, 0.1) is 5.92 Å². The summed E-state index contributed by atoms with van der Waals surface area (Å²) < 4.78 is 27.6. The van der Waals surface area contributed by atoms with E-state index in [-0.39, 0.29) is 28.6 Å². The van der Waals surface area contributed by atoms with Gasteiger partial charge in [0, 0.05) is 13.6 Å². The molecule has 2 heterocycles. The quantitative estimate of drug-likeness (QED) is 0.879. The number of nitrogens with zero attached hydrogens (tertiary/aromatic N) is 3. The highest BCUT2D eigenvalue weighted by Gasteiger charge is 2.41. The zero-order valence-corrected chi connectivity index (χ0v) is 11.8. The van der Waals surface area contributed by atoms with E-state index in [2.05, 4.69) is 5.10 Å². The molecule has 0 saturated carbocycles. The van der Waals surface area contributed by atoms with Gasteiger partial charge in [-0.2, -0.15) is 9.40 Å². The maximum atomic E-state index is 12.5. The summed E-state index contributed by atoms with van der Waals surface area (Å²) in [7, 11) is -2.18. The number of halogens is 1. The van der Waals surface area contributed by atoms with Gasteiger partial charge in [-0.05, 0) is 12.3 Å². The Labute approximate surface area is 111 Å². The number of hydrogen-bond acceptors (Lipinski definition) is 4. The number of aliphatic hydroxyl groups excluding tert-OH is 1. The number of sulfonamides is 1. The van der Waals surface area contributed by atoms with Crippen LogP contribution in [0.5, 0.6) is 0 Å². The minimum Gasteiger partial charge on any atom is -0.395 e. The highest BCUT2D eigenvalue weighted by Crippen LogP contribution is 2.32. The molecule has 1 N–H and O–H groups in total. The summed E-state index contributed by atoms with van der Waals surface area (Å²) in [6.07, 6.45) is 2.04. The van der Waals surface area contributed by atoms with Crippen LogP contribution in [0.1, 0.15) is 13.3 Å². The van der Waals surface area contributed by atoms with E-state index in [4.69, 9.17) is 11.6 Å². The van der Waals surface area contributed by atoms with Gasteiger partial charge in [0.15, 0.2) is 5.03 Å². The number of hydrogen-bond donors (Lipinski definition) is 1. The predicted molar refractivity (Wildman–Crippen MR) is 66.8 cm³/mol. The zero-order chi connectivity index (χ0) is 13.5. The van der Waals surface area contributed by atoms with Gasteiger partial charge in [-0.15, -0.1) is 0 Å². The third kappa shape index (κ3) is 2.05. The van der Waals surface area contributed by atoms with Crippen molar-refractivity contribution in [3.8, 4) is 0 Å². The molecule has 0 amide bonds. The fourth-order valence-electron chi connectivity index (χ4n) is 2.34. The van der Waals surface area contributed by atoms with Crippen LogP contribution in [0.25, 0.3) is 0 Å². The van der Waals surface area contributed by atoms with Gasteiger partial charge in [0.05, 0.1) is 23.9 Å². The van der Waals surface area contributed by atoms with E-state index in [0.29, 0.717) is 6.54 Å². The lowest BCUT2D eigenvalue weighted by Crippen LogP contribution is -2.40. The summed E-state index contributed by atoms with van der Waals surface area (Å²) >= 11 is 5.88. The standard InChI is InChI=1S/C10H16ClN3O3S/c1-7-3-4-14(9(7)6-15)18(16,17)10-8(11)5-12-13(10)2/h5,7,9,15H,3-4,6H2,1-2H3. The molecule has 1 fully saturated rings. The lowest BCUT2D eigenvalue weighted by Gasteiger charge is -2.24. The largest absolute Gasteiger partial charge is 0.395 e. The molecule has 0 radical (unpaired) electrons. The van der Waals surface area contributed by atoms with Crippen molar-refractivity contribution in [1.29, 1.82) is 0 Å². The van der Waals surface area contributed by atoms with Crippen molar-refractivity contribution in [3.05, 3.63) is 11.2 Å². The van der Waals surface area contributed by atoms with Crippen molar-refractivity contribution in [1.82, 2.24) is 14.1 Å². The summed E-state index contributed by atoms with van der Waals surface area (Å²) in [6, 6.07) is -0.388. The van der Waals surface area contributed by atoms with Gasteiger partial charge in [-0.3, -0.25) is 4.68 Å². The summed E-state index contributed by atoms with van der Waals surface area (Å²) in [5.74, 6) is 0.136. The fourth-order valence-corrected chi connectivity index (χ4v) is 4.68. The summed E-state index contributed by atoms with van der Waals surface area (Å²) in [5.41, 5.74) is 0. The first-order valence-corrected chi connectivity index (χ1v) is 7.51. The van der Waals surface area contributed by atoms with Crippen LogP contribution in [0.15, 0.2) is 11.2 Å². The minimum atomic E-state index is -3.71. The zero-order valence-electron chi connectivity index (χ0n) is 10.2. The number of aliphatic hydroxyl groups is 1. The van der Waals surface area contributed by atoms with Gasteiger partial charge in [0.25, 0.3) is 10.0 Å². The molecule has 0 aromatic carbocycles. The van der Waals surface area contributed by atoms with E-state index >= 15 is 0 Å². The molecule has 0 aliphatic carbocycles. The lowest BCUT2D eigenvalue weighted by atomic mass is 10.0. The van der Waals surface area contributed by atoms with Gasteiger partial charge in [-0.1, -0.05) is 18.5 Å². The van der Waals surface area contributed by atoms with Crippen LogP contribution in [-0.4, -0.2) is 46.8 Å². The third-order valence-corrected chi connectivity index (χ3v) is 5.85. The van der Waals surface area contributed by atoms with E-state index in [9.17, 15) is 13.5 Å². The van der Waals surface area contributed by atoms with Crippen molar-refractivity contribution in [3.63, 3.8) is 0 Å². The SMILES string of the molecule is CC1CCN(S(=O)(=O)c2c(Cl)cnn2C)C1CO. The highest BCUT2D eigenvalue weighted by atomic mass is 35.5. The van der Waals surface area contributed by atoms with Gasteiger partial charge in [0.1, 0.15) is 0 Å². The Kier molecular flexibility index (Phi) is 3.68. The molecule has 1 aromatic heterocycles. The van der Waals surface area contributed by atoms with E-state index in [1.54, 1.807) is 0 Å². The molecule has 2 atom stereocenters. The number of aryl methyl sites for hydroxylation is 1. The highest BCUT2D eigenvalue weighted by molar-refractivity contribution is 7.89. The average molecular weight is 294 g/mol. The van der Waals surface area contributed by atoms with E-state index in [1.807, 2.05) is 6.92 Å². The molecule has 2 rings (SSSR count). The van der Waals surface area contributed by atoms with Crippen LogP contribution in [0.4, 0.5) is 0 Å². The molecule has 0 spiro atoms. The molecule has 1 aliphatic rings. The molecular weight excluding hydrogens is 278 g/mol. The lowest BCUT2D eigenvalue weighted by molar-refractivity contribution is 0.190. The molecule has 102 valence electrons. The fraction of sp³-hybridized carbons (Fsp3) is 0.700. The number of rotatable bonds is 3. The average Bonchev–Trinajstić information content (AvgIpc) is 2.82. The second-order valence-corrected chi connectivity index (χ2v) is 6.77. The van der Waals surface area contributed by atoms with Crippen molar-refractivity contribution in [2.75, 3.05) is 13.2 Å². The van der Waals surface area contributed by atoms with Crippen LogP contribution < -0.4 is 0 Å². The normalized spacial score (nSPS) is 25.8. The van der Waals surface area contributed by atoms with Crippen molar-refractivity contribution in [2.45, 2.75) is 24.4 Å². The predicted octanol–water partition coefficient (Wildman–Crippen LogP) is 0.465. The minimum absolute atomic E-state index is 0.0169. The summed E-state index contributed by atoms with van der Waals surface area (Å²) in [6.45, 7) is 2.15. The molecule has 1 saturated heterocycles. The molecule has 2 unspecified atom stereocenters. The monoisotopic (exact) mass is 293 g/mol. The smallest absolute Gasteiger partial charge is 0.262 e. The van der Waals surface area contributed by atoms with Gasteiger partial charge >= 0.3 is 0 Å². The van der Waals surface area contributed by atoms with Gasteiger partial charge < -0.3 is 5.11 Å². The molecular formula is C10H16ClN3O3S. The van der Waals surface area contributed by atoms with Crippen molar-refractivity contribution >= 4 is 21.6 Å². The molecule has 0 bridgehead atoms. The molecule has 18 heavy (non-hydrogen) atoms. The van der Waals surface area contributed by atoms with Gasteiger partial charge in [-0.25, -0.2) is 8.42 Å². The van der Waals surface area contributed by atoms with E-state index < -0.39 is 10.0 Å². The molecule has 1 aliphatic heterocycles. The van der Waals surface area contributed by atoms with Crippen LogP contribution in [0.3, 0.4) is 0 Å². The van der Waals surface area contributed by atoms with E-state index in [1.165, 1.54) is 22.2 Å². The molecule has 8 heteroatoms. The topological polar surface area (TPSA) is 75.4 Å². The third-order valence-electron chi connectivity index (χ3n) is 3.41. The van der Waals surface area contributed by atoms with Crippen LogP contribution in [-0.2, 0) is 17.1 Å². The van der Waals surface area contributed by atoms with Crippen molar-refractivity contribution in [2.24, 2.45) is 13.0 Å². The van der Waals surface area contributed by atoms with Crippen LogP contribution in [0.2, 0.25) is 5.02 Å². The van der Waals surface area contributed by atoms with Crippen LogP contribution >= 0.6 is 11.6 Å². The Morgan fingerprint density at radius 2 is 2.28 bits per heavy atom. The maximum absolute atomic E-state index is 12.5. The Balaban J connectivity index is 2.44. The Bertz CT molecular complexity index is 523. The van der Waals surface area contributed by atoms with Gasteiger partial charge in [0.2, 0.25) is 0 Å². The first kappa shape index (κ1) is 13.8. The number of aromatic nitrogens is 2. The first-order chi connectivity index (χ1) is 8.39. The van der Waals surface area contributed by atoms with Crippen molar-refractivity contribution < 1.29 is 13.5 Å². The molecule has 6 nitrogen and oxygen atoms in total. The maximum Gasteiger partial charge on any atom is 0.262 e. The first-order valence-electron chi connectivity index (χ1n) is 5.69. The summed E-state index contributed by atoms with van der Waals surface area (Å²) in [5, 5.41) is 13.3. The molecule has 1 aromatic rings. The Morgan fingerprint density at radius 1 is 1.61 bits per heavy atom. The van der Waals surface area contributed by atoms with E-state index in [0.717, 1.165) is 6.42 Å². The second-order valence-electron chi connectivity index (χ2n) is 4.55. The Hall–Kier alpha value is -0.630.